The van der Waals surface area contributed by atoms with Crippen LogP contribution in [0.1, 0.15) is 10.4 Å². The minimum Gasteiger partial charge on any atom is -0.298 e. The average molecular weight is 329 g/mol. The van der Waals surface area contributed by atoms with Crippen molar-refractivity contribution in [3.8, 4) is 17.1 Å². The molecule has 0 spiro atoms. The van der Waals surface area contributed by atoms with Crippen molar-refractivity contribution in [1.82, 2.24) is 19.7 Å². The molecule has 3 heterocycles. The summed E-state index contributed by atoms with van der Waals surface area (Å²) in [4.78, 5) is 19.5. The monoisotopic (exact) mass is 328 g/mol. The van der Waals surface area contributed by atoms with Gasteiger partial charge < -0.3 is 0 Å². The number of halogens is 1. The van der Waals surface area contributed by atoms with Crippen LogP contribution in [-0.2, 0) is 0 Å². The van der Waals surface area contributed by atoms with Gasteiger partial charge in [0.2, 0.25) is 0 Å². The molecule has 3 aromatic heterocycles. The van der Waals surface area contributed by atoms with Gasteiger partial charge in [0.15, 0.2) is 12.1 Å². The predicted octanol–water partition coefficient (Wildman–Crippen LogP) is 2.90. The van der Waals surface area contributed by atoms with Gasteiger partial charge in [-0.2, -0.15) is 5.10 Å². The molecule has 20 heavy (non-hydrogen) atoms. The maximum atomic E-state index is 11.2. The molecular formula is C14H9BrN4O. The second-order valence-corrected chi connectivity index (χ2v) is 4.99. The van der Waals surface area contributed by atoms with Crippen LogP contribution in [0.3, 0.4) is 0 Å². The fraction of sp³-hybridized carbons (Fsp3) is 0. The van der Waals surface area contributed by atoms with E-state index in [-0.39, 0.29) is 0 Å². The number of aromatic nitrogens is 4. The summed E-state index contributed by atoms with van der Waals surface area (Å²) >= 11 is 3.33. The van der Waals surface area contributed by atoms with E-state index in [9.17, 15) is 4.79 Å². The number of hydrogen-bond acceptors (Lipinski definition) is 4. The third-order valence-electron chi connectivity index (χ3n) is 2.75. The van der Waals surface area contributed by atoms with Gasteiger partial charge in [0.25, 0.3) is 0 Å². The highest BCUT2D eigenvalue weighted by Crippen LogP contribution is 2.21. The van der Waals surface area contributed by atoms with Gasteiger partial charge in [0.05, 0.1) is 5.56 Å². The molecule has 0 N–H and O–H groups in total. The number of pyridine rings is 2. The third-order valence-corrected chi connectivity index (χ3v) is 3.22. The van der Waals surface area contributed by atoms with Crippen LogP contribution in [0.5, 0.6) is 0 Å². The second-order valence-electron chi connectivity index (χ2n) is 4.07. The molecule has 0 radical (unpaired) electrons. The van der Waals surface area contributed by atoms with Crippen molar-refractivity contribution in [1.29, 1.82) is 0 Å². The molecule has 0 unspecified atom stereocenters. The first-order valence-electron chi connectivity index (χ1n) is 5.85. The van der Waals surface area contributed by atoms with E-state index in [4.69, 9.17) is 0 Å². The Morgan fingerprint density at radius 2 is 2.10 bits per heavy atom. The molecule has 0 aliphatic rings. The van der Waals surface area contributed by atoms with Crippen molar-refractivity contribution in [2.75, 3.05) is 0 Å². The minimum atomic E-state index is 0.503. The average Bonchev–Trinajstić information content (AvgIpc) is 2.93. The van der Waals surface area contributed by atoms with Gasteiger partial charge in [-0.05, 0) is 40.2 Å². The van der Waals surface area contributed by atoms with Crippen LogP contribution in [0.4, 0.5) is 0 Å². The summed E-state index contributed by atoms with van der Waals surface area (Å²) in [7, 11) is 0. The Bertz CT molecular complexity index is 738. The predicted molar refractivity (Wildman–Crippen MR) is 77.7 cm³/mol. The summed E-state index contributed by atoms with van der Waals surface area (Å²) in [5, 5.41) is 4.42. The zero-order chi connectivity index (χ0) is 13.9. The summed E-state index contributed by atoms with van der Waals surface area (Å²) in [6.45, 7) is 0. The molecule has 0 fully saturated rings. The lowest BCUT2D eigenvalue weighted by atomic mass is 10.1. The standard InChI is InChI=1S/C14H9BrN4O/c15-12-3-4-13(17-7-12)19-8-11(9-20)14(18-19)10-2-1-5-16-6-10/h1-9H. The Labute approximate surface area is 123 Å². The van der Waals surface area contributed by atoms with Gasteiger partial charge in [-0.25, -0.2) is 9.67 Å². The van der Waals surface area contributed by atoms with E-state index >= 15 is 0 Å². The smallest absolute Gasteiger partial charge is 0.153 e. The molecule has 0 saturated heterocycles. The van der Waals surface area contributed by atoms with E-state index in [0.717, 1.165) is 16.3 Å². The lowest BCUT2D eigenvalue weighted by molar-refractivity contribution is 0.112. The Morgan fingerprint density at radius 1 is 1.20 bits per heavy atom. The number of aldehydes is 1. The SMILES string of the molecule is O=Cc1cn(-c2ccc(Br)cn2)nc1-c1cccnc1. The van der Waals surface area contributed by atoms with Crippen LogP contribution in [0, 0.1) is 0 Å². The molecule has 0 aromatic carbocycles. The summed E-state index contributed by atoms with van der Waals surface area (Å²) in [5.74, 6) is 0.645. The van der Waals surface area contributed by atoms with E-state index in [2.05, 4.69) is 31.0 Å². The van der Waals surface area contributed by atoms with Crippen LogP contribution in [0.25, 0.3) is 17.1 Å². The maximum Gasteiger partial charge on any atom is 0.153 e. The van der Waals surface area contributed by atoms with Crippen molar-refractivity contribution < 1.29 is 4.79 Å². The quantitative estimate of drug-likeness (QED) is 0.693. The third kappa shape index (κ3) is 2.37. The van der Waals surface area contributed by atoms with Crippen molar-refractivity contribution in [2.45, 2.75) is 0 Å². The molecule has 3 rings (SSSR count). The normalized spacial score (nSPS) is 10.4. The molecule has 0 amide bonds. The molecule has 98 valence electrons. The zero-order valence-corrected chi connectivity index (χ0v) is 11.9. The number of nitrogens with zero attached hydrogens (tertiary/aromatic N) is 4. The highest BCUT2D eigenvalue weighted by Gasteiger charge is 2.12. The van der Waals surface area contributed by atoms with Crippen molar-refractivity contribution >= 4 is 22.2 Å². The largest absolute Gasteiger partial charge is 0.298 e. The van der Waals surface area contributed by atoms with Gasteiger partial charge >= 0.3 is 0 Å². The minimum absolute atomic E-state index is 0.503. The molecule has 0 saturated carbocycles. The van der Waals surface area contributed by atoms with Crippen LogP contribution in [0.2, 0.25) is 0 Å². The Kier molecular flexibility index (Phi) is 3.39. The van der Waals surface area contributed by atoms with E-state index in [1.54, 1.807) is 35.5 Å². The topological polar surface area (TPSA) is 60.7 Å². The van der Waals surface area contributed by atoms with E-state index < -0.39 is 0 Å². The summed E-state index contributed by atoms with van der Waals surface area (Å²) < 4.78 is 2.47. The highest BCUT2D eigenvalue weighted by molar-refractivity contribution is 9.10. The molecule has 3 aromatic rings. The van der Waals surface area contributed by atoms with Crippen LogP contribution in [-0.4, -0.2) is 26.0 Å². The Balaban J connectivity index is 2.09. The second kappa shape index (κ2) is 5.34. The molecule has 0 bridgehead atoms. The Morgan fingerprint density at radius 3 is 2.75 bits per heavy atom. The lowest BCUT2D eigenvalue weighted by Crippen LogP contribution is -1.97. The zero-order valence-electron chi connectivity index (χ0n) is 10.3. The van der Waals surface area contributed by atoms with Crippen molar-refractivity contribution in [3.05, 3.63) is 59.1 Å². The highest BCUT2D eigenvalue weighted by atomic mass is 79.9. The number of hydrogen-bond donors (Lipinski definition) is 0. The van der Waals surface area contributed by atoms with E-state index in [1.807, 2.05) is 18.2 Å². The van der Waals surface area contributed by atoms with E-state index in [1.165, 1.54) is 0 Å². The van der Waals surface area contributed by atoms with E-state index in [0.29, 0.717) is 17.1 Å². The van der Waals surface area contributed by atoms with Crippen LogP contribution >= 0.6 is 15.9 Å². The van der Waals surface area contributed by atoms with Gasteiger partial charge in [-0.15, -0.1) is 0 Å². The fourth-order valence-corrected chi connectivity index (χ4v) is 2.06. The summed E-state index contributed by atoms with van der Waals surface area (Å²) in [6.07, 6.45) is 7.48. The van der Waals surface area contributed by atoms with Crippen molar-refractivity contribution in [2.24, 2.45) is 0 Å². The van der Waals surface area contributed by atoms with Crippen LogP contribution in [0.15, 0.2) is 53.5 Å². The van der Waals surface area contributed by atoms with Gasteiger partial charge in [-0.1, -0.05) is 0 Å². The first-order chi connectivity index (χ1) is 9.78. The lowest BCUT2D eigenvalue weighted by Gasteiger charge is -1.99. The number of carbonyl (C=O) groups excluding carboxylic acids is 1. The van der Waals surface area contributed by atoms with Gasteiger partial charge in [0.1, 0.15) is 5.69 Å². The molecule has 0 aliphatic carbocycles. The molecule has 5 nitrogen and oxygen atoms in total. The first-order valence-corrected chi connectivity index (χ1v) is 6.64. The summed E-state index contributed by atoms with van der Waals surface area (Å²) in [5.41, 5.74) is 1.89. The van der Waals surface area contributed by atoms with Gasteiger partial charge in [-0.3, -0.25) is 9.78 Å². The maximum absolute atomic E-state index is 11.2. The molecule has 0 aliphatic heterocycles. The molecular weight excluding hydrogens is 320 g/mol. The van der Waals surface area contributed by atoms with Gasteiger partial charge in [0, 0.05) is 34.8 Å². The molecule has 6 heteroatoms. The van der Waals surface area contributed by atoms with Crippen LogP contribution < -0.4 is 0 Å². The number of rotatable bonds is 3. The fourth-order valence-electron chi connectivity index (χ4n) is 1.82. The van der Waals surface area contributed by atoms with Crippen molar-refractivity contribution in [3.63, 3.8) is 0 Å². The summed E-state index contributed by atoms with van der Waals surface area (Å²) in [6, 6.07) is 7.36. The Hall–Kier alpha value is -2.34. The number of carbonyl (C=O) groups is 1. The molecule has 0 atom stereocenters. The first kappa shape index (κ1) is 12.7.